The summed E-state index contributed by atoms with van der Waals surface area (Å²) in [5.74, 6) is 5.58. The van der Waals surface area contributed by atoms with Gasteiger partial charge in [0.25, 0.3) is 0 Å². The minimum atomic E-state index is -0.194. The van der Waals surface area contributed by atoms with Crippen molar-refractivity contribution in [2.75, 3.05) is 0 Å². The molecule has 3 heteroatoms. The summed E-state index contributed by atoms with van der Waals surface area (Å²) in [5, 5.41) is 0. The van der Waals surface area contributed by atoms with E-state index in [-0.39, 0.29) is 17.3 Å². The Hall–Kier alpha value is -1.71. The topological polar surface area (TPSA) is 38.0 Å². The van der Waals surface area contributed by atoms with Crippen LogP contribution in [-0.4, -0.2) is 0 Å². The monoisotopic (exact) mass is 270 g/mol. The third-order valence-electron chi connectivity index (χ3n) is 4.32. The SMILES string of the molecule is Cc1ccc(F)c(C(NN)C2(c3ccccc3)CC2)c1. The Balaban J connectivity index is 2.04. The number of hydrogen-bond acceptors (Lipinski definition) is 2. The summed E-state index contributed by atoms with van der Waals surface area (Å²) in [6.07, 6.45) is 2.05. The van der Waals surface area contributed by atoms with E-state index in [1.807, 2.05) is 31.2 Å². The molecule has 0 radical (unpaired) electrons. The van der Waals surface area contributed by atoms with Crippen molar-refractivity contribution in [3.8, 4) is 0 Å². The predicted molar refractivity (Wildman–Crippen MR) is 78.6 cm³/mol. The number of hydrogen-bond donors (Lipinski definition) is 2. The normalized spacial score (nSPS) is 17.8. The van der Waals surface area contributed by atoms with Crippen LogP contribution in [0, 0.1) is 12.7 Å². The van der Waals surface area contributed by atoms with Crippen LogP contribution in [0.5, 0.6) is 0 Å². The van der Waals surface area contributed by atoms with E-state index in [9.17, 15) is 4.39 Å². The second-order valence-corrected chi connectivity index (χ2v) is 5.65. The summed E-state index contributed by atoms with van der Waals surface area (Å²) in [6.45, 7) is 1.97. The number of nitrogens with two attached hydrogens (primary N) is 1. The summed E-state index contributed by atoms with van der Waals surface area (Å²) < 4.78 is 14.2. The van der Waals surface area contributed by atoms with Crippen molar-refractivity contribution < 1.29 is 4.39 Å². The fourth-order valence-electron chi connectivity index (χ4n) is 3.08. The van der Waals surface area contributed by atoms with Gasteiger partial charge in [-0.1, -0.05) is 48.0 Å². The first-order chi connectivity index (χ1) is 9.67. The minimum absolute atomic E-state index is 0.0787. The maximum Gasteiger partial charge on any atom is 0.128 e. The molecule has 2 aromatic rings. The first-order valence-electron chi connectivity index (χ1n) is 6.95. The first-order valence-corrected chi connectivity index (χ1v) is 6.95. The Labute approximate surface area is 118 Å². The maximum atomic E-state index is 14.2. The average Bonchev–Trinajstić information content (AvgIpc) is 3.26. The molecule has 1 atom stereocenters. The highest BCUT2D eigenvalue weighted by Gasteiger charge is 2.51. The van der Waals surface area contributed by atoms with Crippen LogP contribution in [0.15, 0.2) is 48.5 Å². The van der Waals surface area contributed by atoms with Gasteiger partial charge in [0.05, 0.1) is 6.04 Å². The first kappa shape index (κ1) is 13.3. The molecule has 0 aromatic heterocycles. The van der Waals surface area contributed by atoms with Crippen LogP contribution in [0.2, 0.25) is 0 Å². The summed E-state index contributed by atoms with van der Waals surface area (Å²) in [6, 6.07) is 15.3. The van der Waals surface area contributed by atoms with E-state index < -0.39 is 0 Å². The van der Waals surface area contributed by atoms with E-state index in [0.717, 1.165) is 18.4 Å². The van der Waals surface area contributed by atoms with Crippen LogP contribution in [0.3, 0.4) is 0 Å². The van der Waals surface area contributed by atoms with Crippen molar-refractivity contribution in [1.82, 2.24) is 5.43 Å². The molecular formula is C17H19FN2. The van der Waals surface area contributed by atoms with E-state index >= 15 is 0 Å². The number of hydrazine groups is 1. The number of benzene rings is 2. The Morgan fingerprint density at radius 1 is 1.15 bits per heavy atom. The van der Waals surface area contributed by atoms with Crippen molar-refractivity contribution in [3.05, 3.63) is 71.0 Å². The zero-order chi connectivity index (χ0) is 14.2. The van der Waals surface area contributed by atoms with E-state index in [0.29, 0.717) is 5.56 Å². The molecule has 3 N–H and O–H groups in total. The molecule has 1 aliphatic rings. The molecule has 1 aliphatic carbocycles. The number of halogens is 1. The predicted octanol–water partition coefficient (Wildman–Crippen LogP) is 3.37. The second kappa shape index (κ2) is 5.00. The molecule has 0 spiro atoms. The molecule has 1 fully saturated rings. The number of rotatable bonds is 4. The molecule has 0 bridgehead atoms. The van der Waals surface area contributed by atoms with E-state index in [1.165, 1.54) is 11.6 Å². The van der Waals surface area contributed by atoms with Gasteiger partial charge in [0, 0.05) is 11.0 Å². The third kappa shape index (κ3) is 2.13. The largest absolute Gasteiger partial charge is 0.271 e. The molecule has 0 heterocycles. The van der Waals surface area contributed by atoms with Crippen LogP contribution >= 0.6 is 0 Å². The van der Waals surface area contributed by atoms with Gasteiger partial charge in [-0.05, 0) is 31.4 Å². The lowest BCUT2D eigenvalue weighted by Gasteiger charge is -2.28. The average molecular weight is 270 g/mol. The van der Waals surface area contributed by atoms with Crippen molar-refractivity contribution in [3.63, 3.8) is 0 Å². The Bertz CT molecular complexity index is 606. The molecule has 1 unspecified atom stereocenters. The molecule has 2 nitrogen and oxygen atoms in total. The van der Waals surface area contributed by atoms with E-state index in [4.69, 9.17) is 5.84 Å². The summed E-state index contributed by atoms with van der Waals surface area (Å²) in [5.41, 5.74) is 5.70. The van der Waals surface area contributed by atoms with Gasteiger partial charge >= 0.3 is 0 Å². The van der Waals surface area contributed by atoms with Crippen molar-refractivity contribution >= 4 is 0 Å². The Kier molecular flexibility index (Phi) is 3.32. The van der Waals surface area contributed by atoms with Gasteiger partial charge in [-0.2, -0.15) is 0 Å². The molecule has 0 saturated heterocycles. The van der Waals surface area contributed by atoms with Gasteiger partial charge in [0.1, 0.15) is 5.82 Å². The zero-order valence-electron chi connectivity index (χ0n) is 11.6. The van der Waals surface area contributed by atoms with E-state index in [1.54, 1.807) is 6.07 Å². The van der Waals surface area contributed by atoms with Crippen LogP contribution in [0.25, 0.3) is 0 Å². The standard InChI is InChI=1S/C17H19FN2/c1-12-7-8-15(18)14(11-12)16(20-19)17(9-10-17)13-5-3-2-4-6-13/h2-8,11,16,20H,9-10,19H2,1H3. The fraction of sp³-hybridized carbons (Fsp3) is 0.294. The summed E-state index contributed by atoms with van der Waals surface area (Å²) in [7, 11) is 0. The molecule has 0 aliphatic heterocycles. The lowest BCUT2D eigenvalue weighted by Crippen LogP contribution is -2.37. The van der Waals surface area contributed by atoms with Crippen LogP contribution < -0.4 is 11.3 Å². The highest BCUT2D eigenvalue weighted by molar-refractivity contribution is 5.39. The van der Waals surface area contributed by atoms with Gasteiger partial charge in [0.2, 0.25) is 0 Å². The minimum Gasteiger partial charge on any atom is -0.271 e. The highest BCUT2D eigenvalue weighted by Crippen LogP contribution is 2.56. The van der Waals surface area contributed by atoms with Crippen molar-refractivity contribution in [1.29, 1.82) is 0 Å². The lowest BCUT2D eigenvalue weighted by atomic mass is 9.83. The van der Waals surface area contributed by atoms with Crippen LogP contribution in [-0.2, 0) is 5.41 Å². The number of nitrogens with one attached hydrogen (secondary N) is 1. The molecular weight excluding hydrogens is 251 g/mol. The molecule has 0 amide bonds. The summed E-state index contributed by atoms with van der Waals surface area (Å²) in [4.78, 5) is 0. The second-order valence-electron chi connectivity index (χ2n) is 5.65. The quantitative estimate of drug-likeness (QED) is 0.660. The van der Waals surface area contributed by atoms with Gasteiger partial charge in [-0.15, -0.1) is 0 Å². The van der Waals surface area contributed by atoms with Crippen molar-refractivity contribution in [2.45, 2.75) is 31.2 Å². The molecule has 1 saturated carbocycles. The maximum absolute atomic E-state index is 14.2. The lowest BCUT2D eigenvalue weighted by molar-refractivity contribution is 0.420. The van der Waals surface area contributed by atoms with Gasteiger partial charge in [0.15, 0.2) is 0 Å². The highest BCUT2D eigenvalue weighted by atomic mass is 19.1. The van der Waals surface area contributed by atoms with Gasteiger partial charge in [-0.3, -0.25) is 11.3 Å². The number of aryl methyl sites for hydroxylation is 1. The molecule has 2 aromatic carbocycles. The molecule has 104 valence electrons. The third-order valence-corrected chi connectivity index (χ3v) is 4.32. The Morgan fingerprint density at radius 2 is 1.85 bits per heavy atom. The van der Waals surface area contributed by atoms with Gasteiger partial charge in [-0.25, -0.2) is 4.39 Å². The van der Waals surface area contributed by atoms with Crippen LogP contribution in [0.1, 0.15) is 35.6 Å². The van der Waals surface area contributed by atoms with Crippen LogP contribution in [0.4, 0.5) is 4.39 Å². The van der Waals surface area contributed by atoms with Crippen molar-refractivity contribution in [2.24, 2.45) is 5.84 Å². The summed E-state index contributed by atoms with van der Waals surface area (Å²) >= 11 is 0. The fourth-order valence-corrected chi connectivity index (χ4v) is 3.08. The van der Waals surface area contributed by atoms with Gasteiger partial charge < -0.3 is 0 Å². The van der Waals surface area contributed by atoms with E-state index in [2.05, 4.69) is 17.6 Å². The zero-order valence-corrected chi connectivity index (χ0v) is 11.6. The molecule has 3 rings (SSSR count). The Morgan fingerprint density at radius 3 is 2.45 bits per heavy atom. The molecule has 20 heavy (non-hydrogen) atoms. The smallest absolute Gasteiger partial charge is 0.128 e.